The van der Waals surface area contributed by atoms with Crippen molar-refractivity contribution in [1.29, 1.82) is 0 Å². The van der Waals surface area contributed by atoms with Gasteiger partial charge in [0, 0.05) is 19.6 Å². The van der Waals surface area contributed by atoms with Crippen LogP contribution in [0.5, 0.6) is 0 Å². The van der Waals surface area contributed by atoms with Gasteiger partial charge in [-0.15, -0.1) is 0 Å². The lowest BCUT2D eigenvalue weighted by molar-refractivity contribution is 0.163. The van der Waals surface area contributed by atoms with Gasteiger partial charge in [-0.1, -0.05) is 20.8 Å². The van der Waals surface area contributed by atoms with Gasteiger partial charge in [-0.05, 0) is 37.8 Å². The van der Waals surface area contributed by atoms with Crippen LogP contribution in [0.3, 0.4) is 0 Å². The summed E-state index contributed by atoms with van der Waals surface area (Å²) in [5.41, 5.74) is 0.239. The molecule has 1 unspecified atom stereocenters. The van der Waals surface area contributed by atoms with E-state index in [-0.39, 0.29) is 5.41 Å². The molecule has 0 aliphatic carbocycles. The molecule has 1 aliphatic heterocycles. The van der Waals surface area contributed by atoms with Gasteiger partial charge in [0.2, 0.25) is 0 Å². The molecule has 1 fully saturated rings. The Morgan fingerprint density at radius 1 is 1.21 bits per heavy atom. The predicted molar refractivity (Wildman–Crippen MR) is 81.3 cm³/mol. The molecule has 19 heavy (non-hydrogen) atoms. The van der Waals surface area contributed by atoms with Gasteiger partial charge in [-0.2, -0.15) is 0 Å². The maximum atomic E-state index is 11.6. The van der Waals surface area contributed by atoms with Crippen LogP contribution >= 0.6 is 0 Å². The van der Waals surface area contributed by atoms with Gasteiger partial charge in [-0.25, -0.2) is 8.42 Å². The van der Waals surface area contributed by atoms with E-state index in [4.69, 9.17) is 0 Å². The molecule has 1 rings (SSSR count). The molecule has 0 bridgehead atoms. The molecular weight excluding hydrogens is 260 g/mol. The molecule has 1 N–H and O–H groups in total. The number of hydrogen-bond acceptors (Lipinski definition) is 4. The Morgan fingerprint density at radius 2 is 1.95 bits per heavy atom. The summed E-state index contributed by atoms with van der Waals surface area (Å²) in [7, 11) is -2.79. The Morgan fingerprint density at radius 3 is 2.58 bits per heavy atom. The second-order valence-corrected chi connectivity index (χ2v) is 8.43. The lowest BCUT2D eigenvalue weighted by atomic mass is 9.86. The van der Waals surface area contributed by atoms with Crippen molar-refractivity contribution in [1.82, 2.24) is 10.2 Å². The van der Waals surface area contributed by atoms with E-state index in [2.05, 4.69) is 31.0 Å². The minimum Gasteiger partial charge on any atom is -0.316 e. The van der Waals surface area contributed by atoms with Crippen LogP contribution in [-0.4, -0.2) is 57.5 Å². The topological polar surface area (TPSA) is 49.4 Å². The Kier molecular flexibility index (Phi) is 6.77. The second-order valence-electron chi connectivity index (χ2n) is 6.12. The molecule has 0 spiro atoms. The van der Waals surface area contributed by atoms with Crippen LogP contribution in [0.4, 0.5) is 0 Å². The van der Waals surface area contributed by atoms with Gasteiger partial charge in [0.15, 0.2) is 9.84 Å². The van der Waals surface area contributed by atoms with Crippen LogP contribution in [0.15, 0.2) is 0 Å². The van der Waals surface area contributed by atoms with Crippen molar-refractivity contribution in [3.63, 3.8) is 0 Å². The van der Waals surface area contributed by atoms with Gasteiger partial charge >= 0.3 is 0 Å². The van der Waals surface area contributed by atoms with Crippen molar-refractivity contribution in [3.8, 4) is 0 Å². The van der Waals surface area contributed by atoms with E-state index in [9.17, 15) is 8.42 Å². The molecule has 0 radical (unpaired) electrons. The Bertz CT molecular complexity index is 356. The highest BCUT2D eigenvalue weighted by molar-refractivity contribution is 7.91. The first-order chi connectivity index (χ1) is 8.91. The number of nitrogens with zero attached hydrogens (tertiary/aromatic N) is 1. The molecule has 1 saturated heterocycles. The summed E-state index contributed by atoms with van der Waals surface area (Å²) in [6, 6.07) is 0. The number of hydrogen-bond donors (Lipinski definition) is 1. The zero-order valence-corrected chi connectivity index (χ0v) is 13.6. The van der Waals surface area contributed by atoms with E-state index in [1.54, 1.807) is 0 Å². The van der Waals surface area contributed by atoms with E-state index in [1.807, 2.05) is 0 Å². The van der Waals surface area contributed by atoms with Crippen LogP contribution in [0, 0.1) is 5.41 Å². The predicted octanol–water partition coefficient (Wildman–Crippen LogP) is 1.52. The summed E-state index contributed by atoms with van der Waals surface area (Å²) in [5.74, 6) is 0.690. The third-order valence-electron chi connectivity index (χ3n) is 4.09. The fraction of sp³-hybridized carbons (Fsp3) is 1.00. The van der Waals surface area contributed by atoms with Crippen molar-refractivity contribution in [3.05, 3.63) is 0 Å². The third kappa shape index (κ3) is 6.23. The monoisotopic (exact) mass is 290 g/mol. The van der Waals surface area contributed by atoms with Gasteiger partial charge in [0.05, 0.1) is 11.5 Å². The maximum absolute atomic E-state index is 11.6. The standard InChI is InChI=1S/C14H30N2O2S/c1-4-7-15-12-14(3,5-2)13-16-8-6-10-19(17,18)11-9-16/h15H,4-13H2,1-3H3. The first-order valence-electron chi connectivity index (χ1n) is 7.54. The number of sulfone groups is 1. The van der Waals surface area contributed by atoms with E-state index in [0.29, 0.717) is 18.1 Å². The fourth-order valence-electron chi connectivity index (χ4n) is 2.55. The molecule has 4 nitrogen and oxygen atoms in total. The molecule has 0 aromatic rings. The molecule has 1 aliphatic rings. The maximum Gasteiger partial charge on any atom is 0.151 e. The highest BCUT2D eigenvalue weighted by Gasteiger charge is 2.27. The van der Waals surface area contributed by atoms with Gasteiger partial charge in [-0.3, -0.25) is 0 Å². The summed E-state index contributed by atoms with van der Waals surface area (Å²) in [6.07, 6.45) is 3.05. The van der Waals surface area contributed by atoms with Crippen LogP contribution < -0.4 is 5.32 Å². The Labute approximate surface area is 118 Å². The minimum atomic E-state index is -2.79. The van der Waals surface area contributed by atoms with Gasteiger partial charge in [0.25, 0.3) is 0 Å². The summed E-state index contributed by atoms with van der Waals surface area (Å²) in [4.78, 5) is 2.33. The highest BCUT2D eigenvalue weighted by Crippen LogP contribution is 2.22. The van der Waals surface area contributed by atoms with Crippen molar-refractivity contribution in [2.24, 2.45) is 5.41 Å². The third-order valence-corrected chi connectivity index (χ3v) is 5.80. The summed E-state index contributed by atoms with van der Waals surface area (Å²) in [6.45, 7) is 11.4. The first kappa shape index (κ1) is 16.9. The van der Waals surface area contributed by atoms with Crippen molar-refractivity contribution in [2.75, 3.05) is 44.2 Å². The molecule has 1 heterocycles. The lowest BCUT2D eigenvalue weighted by Gasteiger charge is -2.34. The Hall–Kier alpha value is -0.130. The van der Waals surface area contributed by atoms with Gasteiger partial charge in [0.1, 0.15) is 0 Å². The van der Waals surface area contributed by atoms with E-state index in [0.717, 1.165) is 45.4 Å². The normalized spacial score (nSPS) is 23.7. The first-order valence-corrected chi connectivity index (χ1v) is 9.36. The summed E-state index contributed by atoms with van der Waals surface area (Å²) in [5, 5.41) is 3.50. The number of nitrogens with one attached hydrogen (secondary N) is 1. The minimum absolute atomic E-state index is 0.239. The quantitative estimate of drug-likeness (QED) is 0.722. The largest absolute Gasteiger partial charge is 0.316 e. The lowest BCUT2D eigenvalue weighted by Crippen LogP contribution is -2.43. The summed E-state index contributed by atoms with van der Waals surface area (Å²) < 4.78 is 23.2. The smallest absolute Gasteiger partial charge is 0.151 e. The van der Waals surface area contributed by atoms with Gasteiger partial charge < -0.3 is 10.2 Å². The molecule has 0 aromatic carbocycles. The highest BCUT2D eigenvalue weighted by atomic mass is 32.2. The van der Waals surface area contributed by atoms with Crippen molar-refractivity contribution in [2.45, 2.75) is 40.0 Å². The van der Waals surface area contributed by atoms with Crippen LogP contribution in [0.2, 0.25) is 0 Å². The Balaban J connectivity index is 2.50. The molecular formula is C14H30N2O2S. The molecule has 1 atom stereocenters. The molecule has 114 valence electrons. The van der Waals surface area contributed by atoms with E-state index in [1.165, 1.54) is 0 Å². The molecule has 0 saturated carbocycles. The second kappa shape index (κ2) is 7.60. The van der Waals surface area contributed by atoms with Crippen molar-refractivity contribution >= 4 is 9.84 Å². The van der Waals surface area contributed by atoms with Crippen LogP contribution in [0.1, 0.15) is 40.0 Å². The van der Waals surface area contributed by atoms with Crippen LogP contribution in [-0.2, 0) is 9.84 Å². The zero-order chi connectivity index (χ0) is 14.4. The summed E-state index contributed by atoms with van der Waals surface area (Å²) >= 11 is 0. The van der Waals surface area contributed by atoms with Crippen LogP contribution in [0.25, 0.3) is 0 Å². The average molecular weight is 290 g/mol. The molecule has 0 amide bonds. The fourth-order valence-corrected chi connectivity index (χ4v) is 3.86. The molecule has 0 aromatic heterocycles. The van der Waals surface area contributed by atoms with Crippen molar-refractivity contribution < 1.29 is 8.42 Å². The van der Waals surface area contributed by atoms with E-state index >= 15 is 0 Å². The van der Waals surface area contributed by atoms with E-state index < -0.39 is 9.84 Å². The SMILES string of the molecule is CCCNCC(C)(CC)CN1CCCS(=O)(=O)CC1. The zero-order valence-electron chi connectivity index (χ0n) is 12.7. The number of rotatable bonds is 7. The molecule has 5 heteroatoms. The average Bonchev–Trinajstić information content (AvgIpc) is 2.51.